The number of rotatable bonds is 2. The van der Waals surface area contributed by atoms with Gasteiger partial charge in [0, 0.05) is 15.1 Å². The quantitative estimate of drug-likeness (QED) is 0.778. The molecule has 0 unspecified atom stereocenters. The zero-order chi connectivity index (χ0) is 14.9. The molecule has 2 aromatic carbocycles. The van der Waals surface area contributed by atoms with Gasteiger partial charge in [0.25, 0.3) is 5.91 Å². The van der Waals surface area contributed by atoms with Crippen LogP contribution in [0.4, 0.5) is 11.4 Å². The molecule has 3 nitrogen and oxygen atoms in total. The molecule has 0 atom stereocenters. The summed E-state index contributed by atoms with van der Waals surface area (Å²) in [5, 5.41) is 3.41. The molecule has 2 aromatic rings. The van der Waals surface area contributed by atoms with Crippen LogP contribution >= 0.6 is 27.5 Å². The van der Waals surface area contributed by atoms with E-state index in [0.29, 0.717) is 22.0 Å². The third kappa shape index (κ3) is 2.97. The van der Waals surface area contributed by atoms with Crippen molar-refractivity contribution in [3.63, 3.8) is 0 Å². The molecule has 0 radical (unpaired) electrons. The van der Waals surface area contributed by atoms with Crippen LogP contribution in [0, 0.1) is 13.8 Å². The van der Waals surface area contributed by atoms with E-state index < -0.39 is 0 Å². The minimum atomic E-state index is -0.220. The molecular formula is C15H14BrClN2O. The number of nitrogen functional groups attached to an aromatic ring is 1. The molecule has 0 aliphatic heterocycles. The lowest BCUT2D eigenvalue weighted by molar-refractivity contribution is 0.102. The maximum absolute atomic E-state index is 12.3. The zero-order valence-corrected chi connectivity index (χ0v) is 13.5. The second kappa shape index (κ2) is 5.85. The molecule has 0 saturated carbocycles. The van der Waals surface area contributed by atoms with Gasteiger partial charge in [-0.25, -0.2) is 0 Å². The van der Waals surface area contributed by atoms with Crippen molar-refractivity contribution in [3.8, 4) is 0 Å². The third-order valence-corrected chi connectivity index (χ3v) is 3.95. The Hall–Kier alpha value is -1.52. The van der Waals surface area contributed by atoms with Crippen LogP contribution in [0.3, 0.4) is 0 Å². The normalized spacial score (nSPS) is 10.4. The average Bonchev–Trinajstić information content (AvgIpc) is 2.36. The Morgan fingerprint density at radius 1 is 1.30 bits per heavy atom. The van der Waals surface area contributed by atoms with Gasteiger partial charge in [-0.15, -0.1) is 0 Å². The number of nitrogens with one attached hydrogen (secondary N) is 1. The standard InChI is InChI=1S/C15H14BrClN2O/c1-8-6-10(16)7-13(18)14(8)19-15(20)11-4-3-5-12(17)9(11)2/h3-7H,18H2,1-2H3,(H,19,20). The number of hydrogen-bond acceptors (Lipinski definition) is 2. The maximum Gasteiger partial charge on any atom is 0.256 e. The minimum absolute atomic E-state index is 0.220. The highest BCUT2D eigenvalue weighted by molar-refractivity contribution is 9.10. The lowest BCUT2D eigenvalue weighted by Crippen LogP contribution is -2.15. The molecule has 0 aromatic heterocycles. The van der Waals surface area contributed by atoms with Crippen molar-refractivity contribution in [1.82, 2.24) is 0 Å². The van der Waals surface area contributed by atoms with E-state index >= 15 is 0 Å². The number of benzene rings is 2. The van der Waals surface area contributed by atoms with E-state index in [1.165, 1.54) is 0 Å². The fourth-order valence-corrected chi connectivity index (χ4v) is 2.74. The number of carbonyl (C=O) groups excluding carboxylic acids is 1. The van der Waals surface area contributed by atoms with Crippen molar-refractivity contribution in [2.75, 3.05) is 11.1 Å². The maximum atomic E-state index is 12.3. The minimum Gasteiger partial charge on any atom is -0.397 e. The number of nitrogens with two attached hydrogens (primary N) is 1. The van der Waals surface area contributed by atoms with Crippen molar-refractivity contribution >= 4 is 44.8 Å². The van der Waals surface area contributed by atoms with Gasteiger partial charge in [-0.1, -0.05) is 33.6 Å². The first kappa shape index (κ1) is 14.9. The molecule has 0 bridgehead atoms. The Bertz CT molecular complexity index is 663. The number of carbonyl (C=O) groups is 1. The second-order valence-corrected chi connectivity index (χ2v) is 5.88. The molecule has 0 spiro atoms. The number of aryl methyl sites for hydroxylation is 1. The molecule has 0 aliphatic rings. The molecule has 1 amide bonds. The molecule has 3 N–H and O–H groups in total. The fourth-order valence-electron chi connectivity index (χ4n) is 1.97. The van der Waals surface area contributed by atoms with Gasteiger partial charge in [0.2, 0.25) is 0 Å². The van der Waals surface area contributed by atoms with Gasteiger partial charge in [-0.2, -0.15) is 0 Å². The summed E-state index contributed by atoms with van der Waals surface area (Å²) in [6.07, 6.45) is 0. The highest BCUT2D eigenvalue weighted by atomic mass is 79.9. The number of halogens is 2. The van der Waals surface area contributed by atoms with Gasteiger partial charge in [0.05, 0.1) is 11.4 Å². The molecule has 0 aliphatic carbocycles. The lowest BCUT2D eigenvalue weighted by Gasteiger charge is -2.13. The van der Waals surface area contributed by atoms with Gasteiger partial charge < -0.3 is 11.1 Å². The van der Waals surface area contributed by atoms with Crippen LogP contribution in [0.1, 0.15) is 21.5 Å². The number of anilines is 2. The van der Waals surface area contributed by atoms with E-state index in [1.54, 1.807) is 24.3 Å². The first-order valence-electron chi connectivity index (χ1n) is 6.02. The summed E-state index contributed by atoms with van der Waals surface area (Å²) in [4.78, 5) is 12.3. The summed E-state index contributed by atoms with van der Waals surface area (Å²) in [6.45, 7) is 3.70. The summed E-state index contributed by atoms with van der Waals surface area (Å²) in [6, 6.07) is 8.90. The van der Waals surface area contributed by atoms with Crippen LogP contribution in [-0.4, -0.2) is 5.91 Å². The van der Waals surface area contributed by atoms with Crippen molar-refractivity contribution in [1.29, 1.82) is 0 Å². The van der Waals surface area contributed by atoms with E-state index in [0.717, 1.165) is 15.6 Å². The van der Waals surface area contributed by atoms with Gasteiger partial charge in [-0.05, 0) is 49.2 Å². The summed E-state index contributed by atoms with van der Waals surface area (Å²) >= 11 is 9.40. The Kier molecular flexibility index (Phi) is 4.35. The predicted molar refractivity (Wildman–Crippen MR) is 87.4 cm³/mol. The van der Waals surface area contributed by atoms with E-state index in [4.69, 9.17) is 17.3 Å². The van der Waals surface area contributed by atoms with E-state index in [2.05, 4.69) is 21.2 Å². The molecule has 5 heteroatoms. The molecule has 20 heavy (non-hydrogen) atoms. The first-order chi connectivity index (χ1) is 9.40. The monoisotopic (exact) mass is 352 g/mol. The van der Waals surface area contributed by atoms with Crippen molar-refractivity contribution in [3.05, 3.63) is 56.5 Å². The summed E-state index contributed by atoms with van der Waals surface area (Å²) in [7, 11) is 0. The largest absolute Gasteiger partial charge is 0.397 e. The van der Waals surface area contributed by atoms with Gasteiger partial charge in [0.15, 0.2) is 0 Å². The lowest BCUT2D eigenvalue weighted by atomic mass is 10.1. The fraction of sp³-hybridized carbons (Fsp3) is 0.133. The highest BCUT2D eigenvalue weighted by Gasteiger charge is 2.14. The highest BCUT2D eigenvalue weighted by Crippen LogP contribution is 2.29. The Labute approximate surface area is 131 Å². The van der Waals surface area contributed by atoms with Crippen molar-refractivity contribution in [2.45, 2.75) is 13.8 Å². The van der Waals surface area contributed by atoms with Crippen LogP contribution in [0.15, 0.2) is 34.8 Å². The van der Waals surface area contributed by atoms with Crippen LogP contribution in [0.25, 0.3) is 0 Å². The average molecular weight is 354 g/mol. The van der Waals surface area contributed by atoms with Crippen LogP contribution in [-0.2, 0) is 0 Å². The second-order valence-electron chi connectivity index (χ2n) is 4.55. The molecule has 0 fully saturated rings. The topological polar surface area (TPSA) is 55.1 Å². The third-order valence-electron chi connectivity index (χ3n) is 3.08. The van der Waals surface area contributed by atoms with E-state index in [1.807, 2.05) is 19.9 Å². The predicted octanol–water partition coefficient (Wildman–Crippen LogP) is 4.55. The summed E-state index contributed by atoms with van der Waals surface area (Å²) in [5.41, 5.74) is 9.27. The van der Waals surface area contributed by atoms with Crippen molar-refractivity contribution in [2.24, 2.45) is 0 Å². The Morgan fingerprint density at radius 3 is 2.65 bits per heavy atom. The van der Waals surface area contributed by atoms with Gasteiger partial charge in [0.1, 0.15) is 0 Å². The molecule has 2 rings (SSSR count). The Morgan fingerprint density at radius 2 is 2.00 bits per heavy atom. The number of hydrogen-bond donors (Lipinski definition) is 2. The first-order valence-corrected chi connectivity index (χ1v) is 7.19. The van der Waals surface area contributed by atoms with Crippen LogP contribution in [0.5, 0.6) is 0 Å². The molecular weight excluding hydrogens is 340 g/mol. The number of amides is 1. The van der Waals surface area contributed by atoms with Gasteiger partial charge >= 0.3 is 0 Å². The van der Waals surface area contributed by atoms with E-state index in [-0.39, 0.29) is 5.91 Å². The van der Waals surface area contributed by atoms with Crippen molar-refractivity contribution < 1.29 is 4.79 Å². The molecule has 104 valence electrons. The van der Waals surface area contributed by atoms with Gasteiger partial charge in [-0.3, -0.25) is 4.79 Å². The van der Waals surface area contributed by atoms with E-state index in [9.17, 15) is 4.79 Å². The smallest absolute Gasteiger partial charge is 0.256 e. The zero-order valence-electron chi connectivity index (χ0n) is 11.1. The molecule has 0 saturated heterocycles. The molecule has 0 heterocycles. The summed E-state index contributed by atoms with van der Waals surface area (Å²) in [5.74, 6) is -0.220. The summed E-state index contributed by atoms with van der Waals surface area (Å²) < 4.78 is 0.879. The van der Waals surface area contributed by atoms with Crippen LogP contribution < -0.4 is 11.1 Å². The Balaban J connectivity index is 2.36. The van der Waals surface area contributed by atoms with Crippen LogP contribution in [0.2, 0.25) is 5.02 Å². The SMILES string of the molecule is Cc1cc(Br)cc(N)c1NC(=O)c1cccc(Cl)c1C.